The van der Waals surface area contributed by atoms with Gasteiger partial charge in [-0.15, -0.1) is 0 Å². The summed E-state index contributed by atoms with van der Waals surface area (Å²) in [5, 5.41) is 11.3. The highest BCUT2D eigenvalue weighted by Gasteiger charge is 2.14. The zero-order valence-corrected chi connectivity index (χ0v) is 12.6. The molecule has 0 aromatic carbocycles. The van der Waals surface area contributed by atoms with Crippen LogP contribution in [0.15, 0.2) is 36.9 Å². The summed E-state index contributed by atoms with van der Waals surface area (Å²) in [5.41, 5.74) is 2.15. The molecule has 0 aliphatic carbocycles. The molecule has 0 fully saturated rings. The summed E-state index contributed by atoms with van der Waals surface area (Å²) in [6.07, 6.45) is 9.16. The molecular formula is C16H22N4O. The van der Waals surface area contributed by atoms with Crippen molar-refractivity contribution in [2.24, 2.45) is 0 Å². The van der Waals surface area contributed by atoms with Gasteiger partial charge in [0, 0.05) is 12.4 Å². The van der Waals surface area contributed by atoms with Crippen molar-refractivity contribution in [1.82, 2.24) is 20.5 Å². The van der Waals surface area contributed by atoms with E-state index in [4.69, 9.17) is 4.74 Å². The van der Waals surface area contributed by atoms with Gasteiger partial charge in [-0.2, -0.15) is 10.2 Å². The Bertz CT molecular complexity index is 533. The number of nitrogens with zero attached hydrogens (tertiary/aromatic N) is 3. The lowest BCUT2D eigenvalue weighted by Gasteiger charge is -2.19. The summed E-state index contributed by atoms with van der Waals surface area (Å²) in [7, 11) is 0. The molecule has 0 saturated heterocycles. The fourth-order valence-corrected chi connectivity index (χ4v) is 2.08. The number of aromatic nitrogens is 3. The van der Waals surface area contributed by atoms with E-state index in [1.807, 2.05) is 18.3 Å². The van der Waals surface area contributed by atoms with Crippen molar-refractivity contribution in [2.45, 2.75) is 32.7 Å². The molecule has 2 heterocycles. The Morgan fingerprint density at radius 1 is 1.10 bits per heavy atom. The Labute approximate surface area is 125 Å². The fraction of sp³-hybridized carbons (Fsp3) is 0.438. The van der Waals surface area contributed by atoms with E-state index in [-0.39, 0.29) is 6.04 Å². The number of hydrogen-bond acceptors (Lipinski definition) is 5. The standard InChI is InChI=1S/C16H22N4O/c1-3-6-18-16(13-5-7-19-20-11-13)14-9-15(12-17-10-14)21-8-4-2/h5,7,9-12,16,18H,3-4,6,8H2,1-2H3. The van der Waals surface area contributed by atoms with Crippen LogP contribution >= 0.6 is 0 Å². The highest BCUT2D eigenvalue weighted by atomic mass is 16.5. The van der Waals surface area contributed by atoms with Gasteiger partial charge in [0.2, 0.25) is 0 Å². The maximum Gasteiger partial charge on any atom is 0.137 e. The molecule has 1 N–H and O–H groups in total. The van der Waals surface area contributed by atoms with Gasteiger partial charge in [-0.1, -0.05) is 13.8 Å². The molecule has 2 rings (SSSR count). The monoisotopic (exact) mass is 286 g/mol. The fourth-order valence-electron chi connectivity index (χ4n) is 2.08. The molecule has 2 aromatic rings. The largest absolute Gasteiger partial charge is 0.492 e. The molecule has 0 aliphatic rings. The van der Waals surface area contributed by atoms with E-state index >= 15 is 0 Å². The highest BCUT2D eigenvalue weighted by molar-refractivity contribution is 5.32. The zero-order valence-electron chi connectivity index (χ0n) is 12.6. The normalized spacial score (nSPS) is 12.1. The molecular weight excluding hydrogens is 264 g/mol. The Hall–Kier alpha value is -2.01. The van der Waals surface area contributed by atoms with Crippen molar-refractivity contribution in [3.8, 4) is 5.75 Å². The molecule has 0 amide bonds. The minimum absolute atomic E-state index is 0.0538. The highest BCUT2D eigenvalue weighted by Crippen LogP contribution is 2.23. The molecule has 21 heavy (non-hydrogen) atoms. The van der Waals surface area contributed by atoms with Crippen LogP contribution in [0.4, 0.5) is 0 Å². The van der Waals surface area contributed by atoms with Gasteiger partial charge in [-0.3, -0.25) is 4.98 Å². The number of rotatable bonds is 8. The molecule has 112 valence electrons. The van der Waals surface area contributed by atoms with Crippen molar-refractivity contribution in [1.29, 1.82) is 0 Å². The minimum atomic E-state index is 0.0538. The van der Waals surface area contributed by atoms with Crippen LogP contribution in [0.3, 0.4) is 0 Å². The van der Waals surface area contributed by atoms with Crippen LogP contribution in [-0.4, -0.2) is 28.3 Å². The predicted molar refractivity (Wildman–Crippen MR) is 82.2 cm³/mol. The molecule has 5 nitrogen and oxygen atoms in total. The number of pyridine rings is 1. The van der Waals surface area contributed by atoms with Crippen molar-refractivity contribution in [3.63, 3.8) is 0 Å². The van der Waals surface area contributed by atoms with E-state index in [2.05, 4.69) is 34.3 Å². The summed E-state index contributed by atoms with van der Waals surface area (Å²) in [6.45, 7) is 5.86. The topological polar surface area (TPSA) is 59.9 Å². The second-order valence-corrected chi connectivity index (χ2v) is 4.87. The quantitative estimate of drug-likeness (QED) is 0.808. The molecule has 0 saturated carbocycles. The predicted octanol–water partition coefficient (Wildman–Crippen LogP) is 2.75. The smallest absolute Gasteiger partial charge is 0.137 e. The Kier molecular flexibility index (Phi) is 6.09. The van der Waals surface area contributed by atoms with Crippen molar-refractivity contribution in [2.75, 3.05) is 13.2 Å². The van der Waals surface area contributed by atoms with Crippen LogP contribution in [-0.2, 0) is 0 Å². The van der Waals surface area contributed by atoms with Crippen LogP contribution in [0.5, 0.6) is 5.75 Å². The van der Waals surface area contributed by atoms with Crippen LogP contribution in [0.2, 0.25) is 0 Å². The first-order valence-corrected chi connectivity index (χ1v) is 7.42. The average Bonchev–Trinajstić information content (AvgIpc) is 2.55. The van der Waals surface area contributed by atoms with Crippen LogP contribution in [0, 0.1) is 0 Å². The van der Waals surface area contributed by atoms with Crippen LogP contribution in [0.1, 0.15) is 43.9 Å². The van der Waals surface area contributed by atoms with E-state index in [0.717, 1.165) is 36.3 Å². The average molecular weight is 286 g/mol. The van der Waals surface area contributed by atoms with Crippen molar-refractivity contribution >= 4 is 0 Å². The van der Waals surface area contributed by atoms with Crippen LogP contribution in [0.25, 0.3) is 0 Å². The Morgan fingerprint density at radius 3 is 2.71 bits per heavy atom. The third-order valence-electron chi connectivity index (χ3n) is 3.08. The first-order valence-electron chi connectivity index (χ1n) is 7.42. The first kappa shape index (κ1) is 15.4. The molecule has 1 atom stereocenters. The summed E-state index contributed by atoms with van der Waals surface area (Å²) < 4.78 is 5.67. The van der Waals surface area contributed by atoms with Gasteiger partial charge < -0.3 is 10.1 Å². The number of nitrogens with one attached hydrogen (secondary N) is 1. The number of hydrogen-bond donors (Lipinski definition) is 1. The van der Waals surface area contributed by atoms with E-state index in [0.29, 0.717) is 6.61 Å². The van der Waals surface area contributed by atoms with Crippen molar-refractivity contribution in [3.05, 3.63) is 48.0 Å². The van der Waals surface area contributed by atoms with Gasteiger partial charge in [0.15, 0.2) is 0 Å². The molecule has 0 bridgehead atoms. The summed E-state index contributed by atoms with van der Waals surface area (Å²) in [4.78, 5) is 4.29. The summed E-state index contributed by atoms with van der Waals surface area (Å²) >= 11 is 0. The molecule has 5 heteroatoms. The Morgan fingerprint density at radius 2 is 2.00 bits per heavy atom. The van der Waals surface area contributed by atoms with E-state index < -0.39 is 0 Å². The SMILES string of the molecule is CCCNC(c1ccnnc1)c1cncc(OCCC)c1. The van der Waals surface area contributed by atoms with Gasteiger partial charge in [0.05, 0.1) is 25.0 Å². The lowest BCUT2D eigenvalue weighted by atomic mass is 10.0. The third-order valence-corrected chi connectivity index (χ3v) is 3.08. The molecule has 0 spiro atoms. The molecule has 0 aliphatic heterocycles. The lowest BCUT2D eigenvalue weighted by Crippen LogP contribution is -2.23. The Balaban J connectivity index is 2.23. The second kappa shape index (κ2) is 8.32. The van der Waals surface area contributed by atoms with E-state index in [1.165, 1.54) is 0 Å². The summed E-state index contributed by atoms with van der Waals surface area (Å²) in [5.74, 6) is 0.805. The van der Waals surface area contributed by atoms with Gasteiger partial charge >= 0.3 is 0 Å². The molecule has 1 unspecified atom stereocenters. The minimum Gasteiger partial charge on any atom is -0.492 e. The zero-order chi connectivity index (χ0) is 14.9. The third kappa shape index (κ3) is 4.49. The maximum atomic E-state index is 5.67. The van der Waals surface area contributed by atoms with Gasteiger partial charge in [-0.25, -0.2) is 0 Å². The van der Waals surface area contributed by atoms with Gasteiger partial charge in [-0.05, 0) is 42.6 Å². The number of ether oxygens (including phenoxy) is 1. The summed E-state index contributed by atoms with van der Waals surface area (Å²) in [6, 6.07) is 4.06. The first-order chi connectivity index (χ1) is 10.3. The van der Waals surface area contributed by atoms with Crippen LogP contribution < -0.4 is 10.1 Å². The van der Waals surface area contributed by atoms with Gasteiger partial charge in [0.1, 0.15) is 5.75 Å². The van der Waals surface area contributed by atoms with E-state index in [1.54, 1.807) is 18.6 Å². The lowest BCUT2D eigenvalue weighted by molar-refractivity contribution is 0.315. The maximum absolute atomic E-state index is 5.67. The molecule has 0 radical (unpaired) electrons. The van der Waals surface area contributed by atoms with Crippen molar-refractivity contribution < 1.29 is 4.74 Å². The van der Waals surface area contributed by atoms with Gasteiger partial charge in [0.25, 0.3) is 0 Å². The van der Waals surface area contributed by atoms with E-state index in [9.17, 15) is 0 Å². The molecule has 2 aromatic heterocycles. The second-order valence-electron chi connectivity index (χ2n) is 4.87.